The molecule has 1 aromatic heterocycles. The van der Waals surface area contributed by atoms with E-state index in [0.717, 1.165) is 22.7 Å². The molecule has 2 aromatic carbocycles. The van der Waals surface area contributed by atoms with Gasteiger partial charge < -0.3 is 0 Å². The summed E-state index contributed by atoms with van der Waals surface area (Å²) in [6.45, 7) is 4.41. The number of piperazine rings is 1. The SMILES string of the molecule is CCc1ccc(-c2nc(CN3CCN(S(=O)(=O)c4ccccc4[N+](=O)[O-])CC3)cs2)cc1. The fourth-order valence-corrected chi connectivity index (χ4v) is 6.11. The highest BCUT2D eigenvalue weighted by molar-refractivity contribution is 7.89. The number of aryl methyl sites for hydroxylation is 1. The van der Waals surface area contributed by atoms with Crippen LogP contribution < -0.4 is 0 Å². The zero-order valence-electron chi connectivity index (χ0n) is 17.7. The van der Waals surface area contributed by atoms with Crippen molar-refractivity contribution in [3.63, 3.8) is 0 Å². The molecule has 8 nitrogen and oxygen atoms in total. The Morgan fingerprint density at radius 3 is 2.41 bits per heavy atom. The normalized spacial score (nSPS) is 15.7. The van der Waals surface area contributed by atoms with E-state index in [0.29, 0.717) is 19.6 Å². The molecule has 0 N–H and O–H groups in total. The van der Waals surface area contributed by atoms with Gasteiger partial charge in [0.1, 0.15) is 5.01 Å². The van der Waals surface area contributed by atoms with Gasteiger partial charge in [0.05, 0.1) is 10.6 Å². The average molecular weight is 473 g/mol. The molecule has 10 heteroatoms. The van der Waals surface area contributed by atoms with Crippen molar-refractivity contribution in [2.24, 2.45) is 0 Å². The summed E-state index contributed by atoms with van der Waals surface area (Å²) in [7, 11) is -3.92. The first-order chi connectivity index (χ1) is 15.4. The summed E-state index contributed by atoms with van der Waals surface area (Å²) in [5.74, 6) is 0. The summed E-state index contributed by atoms with van der Waals surface area (Å²) < 4.78 is 27.3. The topological polar surface area (TPSA) is 96.7 Å². The highest BCUT2D eigenvalue weighted by Crippen LogP contribution is 2.28. The smallest absolute Gasteiger partial charge is 0.289 e. The second-order valence-electron chi connectivity index (χ2n) is 7.60. The van der Waals surface area contributed by atoms with Gasteiger partial charge in [-0.3, -0.25) is 15.0 Å². The number of hydrogen-bond donors (Lipinski definition) is 0. The van der Waals surface area contributed by atoms with Crippen LogP contribution in [0.1, 0.15) is 18.2 Å². The Balaban J connectivity index is 1.39. The molecule has 2 heterocycles. The van der Waals surface area contributed by atoms with Gasteiger partial charge in [-0.15, -0.1) is 11.3 Å². The number of benzene rings is 2. The Morgan fingerprint density at radius 1 is 1.06 bits per heavy atom. The van der Waals surface area contributed by atoms with Crippen LogP contribution in [0.4, 0.5) is 5.69 Å². The van der Waals surface area contributed by atoms with E-state index in [-0.39, 0.29) is 18.0 Å². The first-order valence-electron chi connectivity index (χ1n) is 10.4. The zero-order chi connectivity index (χ0) is 22.7. The van der Waals surface area contributed by atoms with Crippen molar-refractivity contribution in [1.82, 2.24) is 14.2 Å². The fraction of sp³-hybridized carbons (Fsp3) is 0.318. The molecule has 0 spiro atoms. The molecule has 0 aliphatic carbocycles. The molecule has 168 valence electrons. The lowest BCUT2D eigenvalue weighted by molar-refractivity contribution is -0.387. The summed E-state index contributed by atoms with van der Waals surface area (Å²) in [5, 5.41) is 14.3. The summed E-state index contributed by atoms with van der Waals surface area (Å²) in [5.41, 5.74) is 2.95. The van der Waals surface area contributed by atoms with Crippen LogP contribution >= 0.6 is 11.3 Å². The number of hydrogen-bond acceptors (Lipinski definition) is 7. The molecule has 0 saturated carbocycles. The molecule has 0 radical (unpaired) electrons. The van der Waals surface area contributed by atoms with E-state index in [2.05, 4.69) is 36.1 Å². The minimum absolute atomic E-state index is 0.253. The fourth-order valence-electron chi connectivity index (χ4n) is 3.72. The van der Waals surface area contributed by atoms with Gasteiger partial charge in [-0.25, -0.2) is 13.4 Å². The quantitative estimate of drug-likeness (QED) is 0.383. The lowest BCUT2D eigenvalue weighted by Crippen LogP contribution is -2.48. The summed E-state index contributed by atoms with van der Waals surface area (Å²) in [6, 6.07) is 13.9. The van der Waals surface area contributed by atoms with Gasteiger partial charge in [0.15, 0.2) is 4.90 Å². The van der Waals surface area contributed by atoms with Crippen LogP contribution in [0.25, 0.3) is 10.6 Å². The molecule has 0 unspecified atom stereocenters. The largest absolute Gasteiger partial charge is 0.295 e. The summed E-state index contributed by atoms with van der Waals surface area (Å²) >= 11 is 1.60. The zero-order valence-corrected chi connectivity index (χ0v) is 19.3. The molecular formula is C22H24N4O4S2. The van der Waals surface area contributed by atoms with E-state index in [1.165, 1.54) is 34.1 Å². The highest BCUT2D eigenvalue weighted by atomic mass is 32.2. The van der Waals surface area contributed by atoms with Crippen LogP contribution in [0.15, 0.2) is 58.8 Å². The maximum atomic E-state index is 13.0. The second kappa shape index (κ2) is 9.45. The number of sulfonamides is 1. The lowest BCUT2D eigenvalue weighted by atomic mass is 10.1. The molecule has 3 aromatic rings. The number of nitro groups is 1. The van der Waals surface area contributed by atoms with Crippen LogP contribution in [0.5, 0.6) is 0 Å². The minimum atomic E-state index is -3.92. The maximum absolute atomic E-state index is 13.0. The number of para-hydroxylation sites is 1. The second-order valence-corrected chi connectivity index (χ2v) is 10.4. The van der Waals surface area contributed by atoms with Gasteiger partial charge in [-0.05, 0) is 18.1 Å². The standard InChI is InChI=1S/C22H24N4O4S2/c1-2-17-7-9-18(10-8-17)22-23-19(16-31-22)15-24-11-13-25(14-12-24)32(29,30)21-6-4-3-5-20(21)26(27)28/h3-10,16H,2,11-15H2,1H3. The van der Waals surface area contributed by atoms with Gasteiger partial charge in [0, 0.05) is 49.7 Å². The van der Waals surface area contributed by atoms with Crippen molar-refractivity contribution in [2.75, 3.05) is 26.2 Å². The van der Waals surface area contributed by atoms with E-state index >= 15 is 0 Å². The number of nitrogens with zero attached hydrogens (tertiary/aromatic N) is 4. The van der Waals surface area contributed by atoms with E-state index in [1.807, 2.05) is 5.38 Å². The minimum Gasteiger partial charge on any atom is -0.295 e. The Labute approximate surface area is 191 Å². The number of aromatic nitrogens is 1. The van der Waals surface area contributed by atoms with Crippen LogP contribution in [-0.4, -0.2) is 53.7 Å². The Bertz CT molecular complexity index is 1200. The Hall–Kier alpha value is -2.66. The third kappa shape index (κ3) is 4.73. The Kier molecular flexibility index (Phi) is 6.66. The van der Waals surface area contributed by atoms with Crippen molar-refractivity contribution in [2.45, 2.75) is 24.8 Å². The molecule has 0 amide bonds. The number of nitro benzene ring substituents is 1. The van der Waals surface area contributed by atoms with Gasteiger partial charge in [-0.2, -0.15) is 4.31 Å². The third-order valence-electron chi connectivity index (χ3n) is 5.56. The molecule has 0 bridgehead atoms. The van der Waals surface area contributed by atoms with Crippen molar-refractivity contribution < 1.29 is 13.3 Å². The molecule has 1 aliphatic heterocycles. The van der Waals surface area contributed by atoms with Crippen molar-refractivity contribution in [1.29, 1.82) is 0 Å². The van der Waals surface area contributed by atoms with Crippen LogP contribution in [-0.2, 0) is 23.0 Å². The van der Waals surface area contributed by atoms with Crippen LogP contribution in [0.2, 0.25) is 0 Å². The van der Waals surface area contributed by atoms with Gasteiger partial charge in [0.25, 0.3) is 5.69 Å². The van der Waals surface area contributed by atoms with Gasteiger partial charge in [0.2, 0.25) is 10.0 Å². The van der Waals surface area contributed by atoms with Crippen molar-refractivity contribution in [3.05, 3.63) is 75.3 Å². The van der Waals surface area contributed by atoms with Crippen LogP contribution in [0.3, 0.4) is 0 Å². The number of thiazole rings is 1. The highest BCUT2D eigenvalue weighted by Gasteiger charge is 2.33. The molecular weight excluding hydrogens is 448 g/mol. The van der Waals surface area contributed by atoms with Crippen LogP contribution in [0, 0.1) is 10.1 Å². The molecule has 1 fully saturated rings. The molecule has 0 atom stereocenters. The molecule has 32 heavy (non-hydrogen) atoms. The molecule has 1 aliphatic rings. The Morgan fingerprint density at radius 2 is 1.75 bits per heavy atom. The molecule has 4 rings (SSSR count). The average Bonchev–Trinajstić information content (AvgIpc) is 3.28. The molecule has 1 saturated heterocycles. The van der Waals surface area contributed by atoms with E-state index in [1.54, 1.807) is 11.3 Å². The van der Waals surface area contributed by atoms with Crippen molar-refractivity contribution >= 4 is 27.0 Å². The summed E-state index contributed by atoms with van der Waals surface area (Å²) in [4.78, 5) is 17.2. The lowest BCUT2D eigenvalue weighted by Gasteiger charge is -2.33. The van der Waals surface area contributed by atoms with Crippen molar-refractivity contribution in [3.8, 4) is 10.6 Å². The van der Waals surface area contributed by atoms with E-state index < -0.39 is 20.6 Å². The first kappa shape index (κ1) is 22.5. The predicted molar refractivity (Wildman–Crippen MR) is 124 cm³/mol. The predicted octanol–water partition coefficient (Wildman–Crippen LogP) is 3.79. The third-order valence-corrected chi connectivity index (χ3v) is 8.44. The van der Waals surface area contributed by atoms with E-state index in [9.17, 15) is 18.5 Å². The van der Waals surface area contributed by atoms with E-state index in [4.69, 9.17) is 4.98 Å². The maximum Gasteiger partial charge on any atom is 0.289 e. The number of rotatable bonds is 7. The monoisotopic (exact) mass is 472 g/mol. The summed E-state index contributed by atoms with van der Waals surface area (Å²) in [6.07, 6.45) is 1.00. The van der Waals surface area contributed by atoms with Gasteiger partial charge >= 0.3 is 0 Å². The van der Waals surface area contributed by atoms with Gasteiger partial charge in [-0.1, -0.05) is 43.3 Å². The first-order valence-corrected chi connectivity index (χ1v) is 12.7.